The van der Waals surface area contributed by atoms with E-state index in [0.29, 0.717) is 24.3 Å². The fourth-order valence-corrected chi connectivity index (χ4v) is 2.37. The van der Waals surface area contributed by atoms with Crippen molar-refractivity contribution < 1.29 is 14.9 Å². The second-order valence-corrected chi connectivity index (χ2v) is 5.72. The van der Waals surface area contributed by atoms with Crippen LogP contribution in [0.25, 0.3) is 0 Å². The summed E-state index contributed by atoms with van der Waals surface area (Å²) in [7, 11) is 0. The maximum Gasteiger partial charge on any atom is 0.276 e. The molecule has 0 unspecified atom stereocenters. The molecule has 0 heterocycles. The van der Waals surface area contributed by atoms with Crippen molar-refractivity contribution in [1.29, 1.82) is 0 Å². The van der Waals surface area contributed by atoms with Crippen LogP contribution in [0.15, 0.2) is 17.3 Å². The third kappa shape index (κ3) is 3.42. The molecule has 0 radical (unpaired) electrons. The van der Waals surface area contributed by atoms with Crippen molar-refractivity contribution in [3.8, 4) is 5.75 Å². The predicted octanol–water partition coefficient (Wildman–Crippen LogP) is 2.51. The van der Waals surface area contributed by atoms with Gasteiger partial charge >= 0.3 is 0 Å². The molecule has 1 aliphatic rings. The van der Waals surface area contributed by atoms with Gasteiger partial charge in [0.05, 0.1) is 17.6 Å². The fraction of sp³-hybridized carbons (Fsp3) is 0.500. The van der Waals surface area contributed by atoms with Gasteiger partial charge in [-0.25, -0.2) is 0 Å². The smallest absolute Gasteiger partial charge is 0.276 e. The number of nitro benzene ring substituents is 1. The number of hydrogen-bond donors (Lipinski definition) is 2. The van der Waals surface area contributed by atoms with E-state index >= 15 is 0 Å². The SMILES string of the molecule is Cc1cc(C)c([N+](=O)[O-])cc1OCC1(C/C(N)=N/O)CC1. The number of hydrogen-bond acceptors (Lipinski definition) is 5. The minimum Gasteiger partial charge on any atom is -0.492 e. The maximum absolute atomic E-state index is 11.0. The number of nitro groups is 1. The highest BCUT2D eigenvalue weighted by atomic mass is 16.6. The summed E-state index contributed by atoms with van der Waals surface area (Å²) in [5.74, 6) is 0.695. The molecule has 0 bridgehead atoms. The Labute approximate surface area is 122 Å². The van der Waals surface area contributed by atoms with E-state index < -0.39 is 4.92 Å². The quantitative estimate of drug-likeness (QED) is 0.275. The molecule has 7 nitrogen and oxygen atoms in total. The van der Waals surface area contributed by atoms with Gasteiger partial charge in [-0.1, -0.05) is 5.16 Å². The molecule has 0 saturated heterocycles. The highest BCUT2D eigenvalue weighted by Crippen LogP contribution is 2.49. The summed E-state index contributed by atoms with van der Waals surface area (Å²) in [5, 5.41) is 22.6. The predicted molar refractivity (Wildman–Crippen MR) is 77.8 cm³/mol. The standard InChI is InChI=1S/C14H19N3O4/c1-9-5-10(2)12(6-11(9)17(19)20)21-8-14(3-4-14)7-13(15)16-18/h5-6,18H,3-4,7-8H2,1-2H3,(H2,15,16). The normalized spacial score (nSPS) is 16.6. The zero-order valence-electron chi connectivity index (χ0n) is 12.1. The van der Waals surface area contributed by atoms with Crippen LogP contribution in [-0.4, -0.2) is 22.6 Å². The van der Waals surface area contributed by atoms with Gasteiger partial charge in [0.25, 0.3) is 5.69 Å². The number of aryl methyl sites for hydroxylation is 2. The lowest BCUT2D eigenvalue weighted by Crippen LogP contribution is -2.22. The van der Waals surface area contributed by atoms with Crippen molar-refractivity contribution in [2.75, 3.05) is 6.61 Å². The summed E-state index contributed by atoms with van der Waals surface area (Å²) >= 11 is 0. The zero-order chi connectivity index (χ0) is 15.6. The molecule has 0 amide bonds. The van der Waals surface area contributed by atoms with Gasteiger partial charge in [-0.3, -0.25) is 10.1 Å². The van der Waals surface area contributed by atoms with Gasteiger partial charge in [-0.15, -0.1) is 0 Å². The van der Waals surface area contributed by atoms with Crippen molar-refractivity contribution in [2.45, 2.75) is 33.1 Å². The topological polar surface area (TPSA) is 111 Å². The summed E-state index contributed by atoms with van der Waals surface area (Å²) in [6, 6.07) is 3.21. The summed E-state index contributed by atoms with van der Waals surface area (Å²) in [6.07, 6.45) is 2.35. The first-order valence-corrected chi connectivity index (χ1v) is 6.72. The number of amidine groups is 1. The first-order valence-electron chi connectivity index (χ1n) is 6.72. The Balaban J connectivity index is 2.10. The van der Waals surface area contributed by atoms with E-state index in [1.807, 2.05) is 6.92 Å². The Morgan fingerprint density at radius 2 is 2.14 bits per heavy atom. The Hall–Kier alpha value is -2.31. The molecule has 1 aromatic carbocycles. The van der Waals surface area contributed by atoms with Crippen LogP contribution in [-0.2, 0) is 0 Å². The maximum atomic E-state index is 11.0. The van der Waals surface area contributed by atoms with Crippen molar-refractivity contribution in [3.63, 3.8) is 0 Å². The Morgan fingerprint density at radius 1 is 1.48 bits per heavy atom. The number of benzene rings is 1. The Kier molecular flexibility index (Phi) is 4.02. The van der Waals surface area contributed by atoms with Gasteiger partial charge in [0, 0.05) is 17.4 Å². The first kappa shape index (κ1) is 15.1. The number of nitrogens with zero attached hydrogens (tertiary/aromatic N) is 2. The third-order valence-electron chi connectivity index (χ3n) is 3.87. The van der Waals surface area contributed by atoms with E-state index in [2.05, 4.69) is 5.16 Å². The lowest BCUT2D eigenvalue weighted by molar-refractivity contribution is -0.385. The van der Waals surface area contributed by atoms with E-state index in [1.165, 1.54) is 6.07 Å². The molecule has 0 aromatic heterocycles. The molecule has 114 valence electrons. The third-order valence-corrected chi connectivity index (χ3v) is 3.87. The molecule has 1 saturated carbocycles. The van der Waals surface area contributed by atoms with Gasteiger partial charge in [0.1, 0.15) is 11.6 Å². The highest BCUT2D eigenvalue weighted by molar-refractivity contribution is 5.80. The summed E-state index contributed by atoms with van der Waals surface area (Å²) in [6.45, 7) is 3.97. The molecule has 1 aliphatic carbocycles. The molecular formula is C14H19N3O4. The van der Waals surface area contributed by atoms with E-state index in [9.17, 15) is 10.1 Å². The second kappa shape index (κ2) is 5.59. The monoisotopic (exact) mass is 293 g/mol. The van der Waals surface area contributed by atoms with E-state index in [1.54, 1.807) is 13.0 Å². The number of oxime groups is 1. The largest absolute Gasteiger partial charge is 0.492 e. The molecule has 1 aromatic rings. The van der Waals surface area contributed by atoms with Gasteiger partial charge in [-0.05, 0) is 38.3 Å². The Morgan fingerprint density at radius 3 is 2.67 bits per heavy atom. The number of rotatable bonds is 6. The molecule has 0 atom stereocenters. The van der Waals surface area contributed by atoms with E-state index in [0.717, 1.165) is 18.4 Å². The van der Waals surface area contributed by atoms with Crippen LogP contribution in [0, 0.1) is 29.4 Å². The van der Waals surface area contributed by atoms with Crippen LogP contribution >= 0.6 is 0 Å². The van der Waals surface area contributed by atoms with Crippen LogP contribution in [0.3, 0.4) is 0 Å². The van der Waals surface area contributed by atoms with E-state index in [4.69, 9.17) is 15.7 Å². The number of ether oxygens (including phenoxy) is 1. The van der Waals surface area contributed by atoms with Crippen molar-refractivity contribution in [1.82, 2.24) is 0 Å². The van der Waals surface area contributed by atoms with Gasteiger partial charge in [0.15, 0.2) is 0 Å². The molecule has 0 aliphatic heterocycles. The van der Waals surface area contributed by atoms with E-state index in [-0.39, 0.29) is 16.9 Å². The fourth-order valence-electron chi connectivity index (χ4n) is 2.37. The minimum absolute atomic E-state index is 0.0527. The van der Waals surface area contributed by atoms with Crippen LogP contribution in [0.1, 0.15) is 30.4 Å². The van der Waals surface area contributed by atoms with Gasteiger partial charge in [-0.2, -0.15) is 0 Å². The van der Waals surface area contributed by atoms with Gasteiger partial charge < -0.3 is 15.7 Å². The minimum atomic E-state index is -0.412. The molecular weight excluding hydrogens is 274 g/mol. The summed E-state index contributed by atoms with van der Waals surface area (Å²) in [4.78, 5) is 10.6. The van der Waals surface area contributed by atoms with Crippen LogP contribution < -0.4 is 10.5 Å². The van der Waals surface area contributed by atoms with Crippen molar-refractivity contribution in [3.05, 3.63) is 33.4 Å². The average Bonchev–Trinajstić information content (AvgIpc) is 3.17. The lowest BCUT2D eigenvalue weighted by Gasteiger charge is -2.17. The second-order valence-electron chi connectivity index (χ2n) is 5.72. The summed E-state index contributed by atoms with van der Waals surface area (Å²) in [5.41, 5.74) is 6.95. The molecule has 1 fully saturated rings. The lowest BCUT2D eigenvalue weighted by atomic mass is 10.0. The summed E-state index contributed by atoms with van der Waals surface area (Å²) < 4.78 is 5.76. The van der Waals surface area contributed by atoms with Crippen LogP contribution in [0.5, 0.6) is 5.75 Å². The average molecular weight is 293 g/mol. The molecule has 7 heteroatoms. The number of nitrogens with two attached hydrogens (primary N) is 1. The molecule has 0 spiro atoms. The highest BCUT2D eigenvalue weighted by Gasteiger charge is 2.44. The molecule has 3 N–H and O–H groups in total. The van der Waals surface area contributed by atoms with Crippen LogP contribution in [0.2, 0.25) is 0 Å². The zero-order valence-corrected chi connectivity index (χ0v) is 12.1. The first-order chi connectivity index (χ1) is 9.87. The van der Waals surface area contributed by atoms with Crippen molar-refractivity contribution in [2.24, 2.45) is 16.3 Å². The molecule has 2 rings (SSSR count). The molecule has 21 heavy (non-hydrogen) atoms. The van der Waals surface area contributed by atoms with Gasteiger partial charge in [0.2, 0.25) is 0 Å². The van der Waals surface area contributed by atoms with Crippen molar-refractivity contribution >= 4 is 11.5 Å². The van der Waals surface area contributed by atoms with Crippen LogP contribution in [0.4, 0.5) is 5.69 Å². The Bertz CT molecular complexity index is 594.